The highest BCUT2D eigenvalue weighted by Gasteiger charge is 2.27. The fourth-order valence-electron chi connectivity index (χ4n) is 1.24. The maximum absolute atomic E-state index is 12.0. The molecule has 0 spiro atoms. The Kier molecular flexibility index (Phi) is 3.72. The van der Waals surface area contributed by atoms with Crippen LogP contribution < -0.4 is 10.5 Å². The third-order valence-corrected chi connectivity index (χ3v) is 3.89. The van der Waals surface area contributed by atoms with Crippen LogP contribution in [-0.4, -0.2) is 30.3 Å². The molecular weight excluding hydrogens is 228 g/mol. The lowest BCUT2D eigenvalue weighted by molar-refractivity contribution is 0.455. The summed E-state index contributed by atoms with van der Waals surface area (Å²) in [5.41, 5.74) is 4.82. The lowest BCUT2D eigenvalue weighted by Gasteiger charge is -2.23. The van der Waals surface area contributed by atoms with E-state index in [-0.39, 0.29) is 11.6 Å². The number of hydrogen-bond donors (Lipinski definition) is 2. The summed E-state index contributed by atoms with van der Waals surface area (Å²) in [4.78, 5) is 0. The minimum Gasteiger partial charge on any atom is -0.329 e. The van der Waals surface area contributed by atoms with E-state index >= 15 is 0 Å². The van der Waals surface area contributed by atoms with E-state index in [1.54, 1.807) is 13.8 Å². The van der Waals surface area contributed by atoms with Gasteiger partial charge in [0.25, 0.3) is 10.0 Å². The lowest BCUT2D eigenvalue weighted by Crippen LogP contribution is -2.49. The van der Waals surface area contributed by atoms with Crippen molar-refractivity contribution in [2.75, 3.05) is 6.54 Å². The monoisotopic (exact) mass is 246 g/mol. The van der Waals surface area contributed by atoms with Crippen LogP contribution in [0.3, 0.4) is 0 Å². The second-order valence-corrected chi connectivity index (χ2v) is 5.81. The van der Waals surface area contributed by atoms with Crippen molar-refractivity contribution in [3.05, 3.63) is 12.3 Å². The van der Waals surface area contributed by atoms with Crippen LogP contribution in [0.5, 0.6) is 0 Å². The van der Waals surface area contributed by atoms with Gasteiger partial charge in [-0.1, -0.05) is 0 Å². The van der Waals surface area contributed by atoms with Crippen molar-refractivity contribution in [3.63, 3.8) is 0 Å². The van der Waals surface area contributed by atoms with Gasteiger partial charge in [0, 0.05) is 18.6 Å². The standard InChI is InChI=1S/C9H18N4O2S/c1-4-13-8(5-6-11-13)16(14,15)12-9(2,3)7-10/h5-6,12H,4,7,10H2,1-3H3. The van der Waals surface area contributed by atoms with E-state index in [4.69, 9.17) is 5.73 Å². The van der Waals surface area contributed by atoms with Gasteiger partial charge in [0.15, 0.2) is 5.03 Å². The van der Waals surface area contributed by atoms with Crippen molar-refractivity contribution in [1.82, 2.24) is 14.5 Å². The maximum Gasteiger partial charge on any atom is 0.258 e. The van der Waals surface area contributed by atoms with Crippen LogP contribution in [0.4, 0.5) is 0 Å². The number of aromatic nitrogens is 2. The van der Waals surface area contributed by atoms with Gasteiger partial charge >= 0.3 is 0 Å². The second-order valence-electron chi connectivity index (χ2n) is 4.18. The topological polar surface area (TPSA) is 90.0 Å². The molecule has 0 unspecified atom stereocenters. The predicted molar refractivity (Wildman–Crippen MR) is 61.4 cm³/mol. The zero-order valence-corrected chi connectivity index (χ0v) is 10.6. The first kappa shape index (κ1) is 13.1. The molecule has 0 saturated heterocycles. The Labute approximate surface area is 95.9 Å². The van der Waals surface area contributed by atoms with Gasteiger partial charge in [-0.3, -0.25) is 4.68 Å². The van der Waals surface area contributed by atoms with Crippen molar-refractivity contribution in [2.45, 2.75) is 37.9 Å². The van der Waals surface area contributed by atoms with E-state index in [2.05, 4.69) is 9.82 Å². The fourth-order valence-corrected chi connectivity index (χ4v) is 2.85. The molecule has 0 bridgehead atoms. The normalized spacial score (nSPS) is 13.0. The summed E-state index contributed by atoms with van der Waals surface area (Å²) in [7, 11) is -3.56. The van der Waals surface area contributed by atoms with Gasteiger partial charge in [-0.25, -0.2) is 13.1 Å². The van der Waals surface area contributed by atoms with Crippen LogP contribution >= 0.6 is 0 Å². The first-order chi connectivity index (χ1) is 7.32. The zero-order valence-electron chi connectivity index (χ0n) is 9.77. The van der Waals surface area contributed by atoms with Crippen molar-refractivity contribution in [2.24, 2.45) is 5.73 Å². The van der Waals surface area contributed by atoms with Crippen molar-refractivity contribution >= 4 is 10.0 Å². The smallest absolute Gasteiger partial charge is 0.258 e. The molecule has 16 heavy (non-hydrogen) atoms. The summed E-state index contributed by atoms with van der Waals surface area (Å²) in [5.74, 6) is 0. The Morgan fingerprint density at radius 1 is 1.56 bits per heavy atom. The summed E-state index contributed by atoms with van der Waals surface area (Å²) in [5, 5.41) is 4.09. The van der Waals surface area contributed by atoms with Crippen molar-refractivity contribution in [3.8, 4) is 0 Å². The number of aryl methyl sites for hydroxylation is 1. The van der Waals surface area contributed by atoms with Crippen molar-refractivity contribution in [1.29, 1.82) is 0 Å². The van der Waals surface area contributed by atoms with Crippen LogP contribution in [0.25, 0.3) is 0 Å². The molecule has 1 aromatic heterocycles. The van der Waals surface area contributed by atoms with E-state index in [9.17, 15) is 8.42 Å². The largest absolute Gasteiger partial charge is 0.329 e. The van der Waals surface area contributed by atoms with Gasteiger partial charge in [0.05, 0.1) is 6.20 Å². The second kappa shape index (κ2) is 4.52. The summed E-state index contributed by atoms with van der Waals surface area (Å²) >= 11 is 0. The summed E-state index contributed by atoms with van der Waals surface area (Å²) < 4.78 is 28.0. The number of nitrogens with two attached hydrogens (primary N) is 1. The van der Waals surface area contributed by atoms with E-state index in [0.29, 0.717) is 6.54 Å². The Balaban J connectivity index is 3.04. The van der Waals surface area contributed by atoms with Gasteiger partial charge in [-0.2, -0.15) is 5.10 Å². The third kappa shape index (κ3) is 2.81. The molecule has 0 aliphatic carbocycles. The van der Waals surface area contributed by atoms with Gasteiger partial charge in [0.1, 0.15) is 0 Å². The molecule has 6 nitrogen and oxygen atoms in total. The van der Waals surface area contributed by atoms with Crippen LogP contribution in [0.15, 0.2) is 17.3 Å². The number of hydrogen-bond acceptors (Lipinski definition) is 4. The number of nitrogens with zero attached hydrogens (tertiary/aromatic N) is 2. The minimum atomic E-state index is -3.56. The molecule has 0 atom stereocenters. The first-order valence-electron chi connectivity index (χ1n) is 5.08. The van der Waals surface area contributed by atoms with Crippen molar-refractivity contribution < 1.29 is 8.42 Å². The van der Waals surface area contributed by atoms with Gasteiger partial charge in [-0.05, 0) is 26.8 Å². The lowest BCUT2D eigenvalue weighted by atomic mass is 10.1. The molecule has 0 aliphatic rings. The predicted octanol–water partition coefficient (Wildman–Crippen LogP) is -0.0814. The maximum atomic E-state index is 12.0. The van der Waals surface area contributed by atoms with Crippen LogP contribution in [0, 0.1) is 0 Å². The summed E-state index contributed by atoms with van der Waals surface area (Å²) in [6, 6.07) is 1.47. The molecule has 0 saturated carbocycles. The summed E-state index contributed by atoms with van der Waals surface area (Å²) in [6.07, 6.45) is 1.47. The Morgan fingerprint density at radius 2 is 2.19 bits per heavy atom. The Hall–Kier alpha value is -0.920. The Morgan fingerprint density at radius 3 is 2.69 bits per heavy atom. The number of nitrogens with one attached hydrogen (secondary N) is 1. The molecular formula is C9H18N4O2S. The first-order valence-corrected chi connectivity index (χ1v) is 6.56. The third-order valence-electron chi connectivity index (χ3n) is 2.17. The van der Waals surface area contributed by atoms with Crippen LogP contribution in [0.1, 0.15) is 20.8 Å². The highest BCUT2D eigenvalue weighted by Crippen LogP contribution is 2.11. The molecule has 92 valence electrons. The average Bonchev–Trinajstić information content (AvgIpc) is 2.64. The van der Waals surface area contributed by atoms with Gasteiger partial charge in [0.2, 0.25) is 0 Å². The van der Waals surface area contributed by atoms with E-state index < -0.39 is 15.6 Å². The van der Waals surface area contributed by atoms with Gasteiger partial charge < -0.3 is 5.73 Å². The molecule has 0 fully saturated rings. The molecule has 7 heteroatoms. The molecule has 0 radical (unpaired) electrons. The van der Waals surface area contributed by atoms with E-state index in [0.717, 1.165) is 0 Å². The SMILES string of the molecule is CCn1nccc1S(=O)(=O)NC(C)(C)CN. The van der Waals surface area contributed by atoms with E-state index in [1.165, 1.54) is 16.9 Å². The molecule has 0 aliphatic heterocycles. The highest BCUT2D eigenvalue weighted by molar-refractivity contribution is 7.89. The minimum absolute atomic E-state index is 0.163. The molecule has 1 rings (SSSR count). The molecule has 1 aromatic rings. The number of sulfonamides is 1. The molecule has 3 N–H and O–H groups in total. The zero-order chi connectivity index (χ0) is 12.4. The summed E-state index contributed by atoms with van der Waals surface area (Å²) in [6.45, 7) is 6.04. The van der Waals surface area contributed by atoms with E-state index in [1.807, 2.05) is 6.92 Å². The molecule has 1 heterocycles. The molecule has 0 amide bonds. The quantitative estimate of drug-likeness (QED) is 0.760. The Bertz CT molecular complexity index is 450. The number of rotatable bonds is 5. The van der Waals surface area contributed by atoms with Crippen LogP contribution in [0.2, 0.25) is 0 Å². The van der Waals surface area contributed by atoms with Crippen LogP contribution in [-0.2, 0) is 16.6 Å². The molecule has 0 aromatic carbocycles. The average molecular weight is 246 g/mol. The fraction of sp³-hybridized carbons (Fsp3) is 0.667. The highest BCUT2D eigenvalue weighted by atomic mass is 32.2. The van der Waals surface area contributed by atoms with Gasteiger partial charge in [-0.15, -0.1) is 0 Å².